The summed E-state index contributed by atoms with van der Waals surface area (Å²) >= 11 is 0. The van der Waals surface area contributed by atoms with Crippen LogP contribution in [0.25, 0.3) is 0 Å². The van der Waals surface area contributed by atoms with Crippen LogP contribution in [0.5, 0.6) is 0 Å². The van der Waals surface area contributed by atoms with Crippen molar-refractivity contribution in [2.24, 2.45) is 0 Å². The zero-order valence-corrected chi connectivity index (χ0v) is 10.1. The Balaban J connectivity index is 2.06. The first-order valence-corrected chi connectivity index (χ1v) is 5.94. The summed E-state index contributed by atoms with van der Waals surface area (Å²) in [5.41, 5.74) is 0.759. The Morgan fingerprint density at radius 2 is 2.28 bits per heavy atom. The largest absolute Gasteiger partial charge is 0.385 e. The van der Waals surface area contributed by atoms with Crippen LogP contribution in [0, 0.1) is 5.82 Å². The van der Waals surface area contributed by atoms with Crippen LogP contribution < -0.4 is 0 Å². The fourth-order valence-electron chi connectivity index (χ4n) is 1.70. The monoisotopic (exact) mass is 250 g/mol. The minimum Gasteiger partial charge on any atom is -0.385 e. The molecule has 1 atom stereocenters. The predicted octanol–water partition coefficient (Wildman–Crippen LogP) is 2.63. The molecule has 1 aromatic carbocycles. The quantitative estimate of drug-likeness (QED) is 0.886. The molecule has 96 valence electrons. The van der Waals surface area contributed by atoms with Gasteiger partial charge in [0.1, 0.15) is 11.9 Å². The maximum atomic E-state index is 13.0. The van der Waals surface area contributed by atoms with Crippen LogP contribution in [-0.4, -0.2) is 15.2 Å². The van der Waals surface area contributed by atoms with E-state index in [9.17, 15) is 9.50 Å². The molecule has 2 rings (SSSR count). The molecule has 0 saturated heterocycles. The third-order valence-corrected chi connectivity index (χ3v) is 2.59. The predicted molar refractivity (Wildman–Crippen MR) is 63.4 cm³/mol. The van der Waals surface area contributed by atoms with Crippen LogP contribution in [0.3, 0.4) is 0 Å². The van der Waals surface area contributed by atoms with E-state index >= 15 is 0 Å². The van der Waals surface area contributed by atoms with Gasteiger partial charge in [-0.3, -0.25) is 0 Å². The van der Waals surface area contributed by atoms with E-state index in [2.05, 4.69) is 10.1 Å². The first-order chi connectivity index (χ1) is 8.69. The number of halogens is 1. The Bertz CT molecular complexity index is 513. The van der Waals surface area contributed by atoms with Crippen LogP contribution in [0.4, 0.5) is 4.39 Å². The Hall–Kier alpha value is -1.75. The molecule has 1 heterocycles. The van der Waals surface area contributed by atoms with Crippen molar-refractivity contribution in [3.63, 3.8) is 0 Å². The first-order valence-electron chi connectivity index (χ1n) is 5.94. The van der Waals surface area contributed by atoms with Crippen LogP contribution in [0.2, 0.25) is 0 Å². The summed E-state index contributed by atoms with van der Waals surface area (Å²) < 4.78 is 18.0. The van der Waals surface area contributed by atoms with Crippen molar-refractivity contribution in [1.29, 1.82) is 0 Å². The van der Waals surface area contributed by atoms with E-state index in [1.165, 1.54) is 12.1 Å². The highest BCUT2D eigenvalue weighted by atomic mass is 19.1. The number of benzene rings is 1. The average molecular weight is 250 g/mol. The second kappa shape index (κ2) is 5.73. The lowest BCUT2D eigenvalue weighted by Crippen LogP contribution is -1.99. The van der Waals surface area contributed by atoms with Gasteiger partial charge in [0, 0.05) is 0 Å². The standard InChI is InChI=1S/C13H15FN2O2/c1-2-4-11(17)13-15-12(18-16-13)8-9-5-3-6-10(14)7-9/h3,5-7,11,17H,2,4,8H2,1H3. The molecule has 0 aliphatic heterocycles. The highest BCUT2D eigenvalue weighted by Crippen LogP contribution is 2.16. The molecule has 5 heteroatoms. The van der Waals surface area contributed by atoms with Gasteiger partial charge in [-0.25, -0.2) is 4.39 Å². The summed E-state index contributed by atoms with van der Waals surface area (Å²) in [7, 11) is 0. The van der Waals surface area contributed by atoms with Gasteiger partial charge in [0.2, 0.25) is 5.89 Å². The minimum absolute atomic E-state index is 0.293. The van der Waals surface area contributed by atoms with Crippen molar-refractivity contribution >= 4 is 0 Å². The van der Waals surface area contributed by atoms with Crippen LogP contribution in [0.1, 0.15) is 43.1 Å². The second-order valence-corrected chi connectivity index (χ2v) is 4.16. The Kier molecular flexibility index (Phi) is 4.04. The number of nitrogens with zero attached hydrogens (tertiary/aromatic N) is 2. The van der Waals surface area contributed by atoms with Crippen molar-refractivity contribution in [1.82, 2.24) is 10.1 Å². The Morgan fingerprint density at radius 3 is 3.00 bits per heavy atom. The summed E-state index contributed by atoms with van der Waals surface area (Å²) in [6.07, 6.45) is 1.11. The molecule has 0 radical (unpaired) electrons. The number of aliphatic hydroxyl groups is 1. The highest BCUT2D eigenvalue weighted by molar-refractivity contribution is 5.19. The number of aliphatic hydroxyl groups excluding tert-OH is 1. The van der Waals surface area contributed by atoms with Crippen LogP contribution in [-0.2, 0) is 6.42 Å². The molecule has 18 heavy (non-hydrogen) atoms. The summed E-state index contributed by atoms with van der Waals surface area (Å²) in [4.78, 5) is 4.10. The zero-order chi connectivity index (χ0) is 13.0. The molecule has 1 aromatic heterocycles. The molecule has 0 aliphatic rings. The average Bonchev–Trinajstić information content (AvgIpc) is 2.78. The molecule has 1 N–H and O–H groups in total. The Labute approximate surface area is 104 Å². The fraction of sp³-hybridized carbons (Fsp3) is 0.385. The number of hydrogen-bond acceptors (Lipinski definition) is 4. The van der Waals surface area contributed by atoms with E-state index in [1.807, 2.05) is 6.92 Å². The Morgan fingerprint density at radius 1 is 1.44 bits per heavy atom. The van der Waals surface area contributed by atoms with Crippen LogP contribution in [0.15, 0.2) is 28.8 Å². The van der Waals surface area contributed by atoms with Crippen molar-refractivity contribution in [3.05, 3.63) is 47.4 Å². The van der Waals surface area contributed by atoms with Crippen LogP contribution >= 0.6 is 0 Å². The molecule has 4 nitrogen and oxygen atoms in total. The molecule has 0 saturated carbocycles. The van der Waals surface area contributed by atoms with Gasteiger partial charge in [-0.05, 0) is 24.1 Å². The van der Waals surface area contributed by atoms with Gasteiger partial charge in [-0.1, -0.05) is 30.6 Å². The number of hydrogen-bond donors (Lipinski definition) is 1. The van der Waals surface area contributed by atoms with E-state index in [4.69, 9.17) is 4.52 Å². The second-order valence-electron chi connectivity index (χ2n) is 4.16. The van der Waals surface area contributed by atoms with Gasteiger partial charge in [-0.15, -0.1) is 0 Å². The van der Waals surface area contributed by atoms with E-state index in [0.717, 1.165) is 12.0 Å². The first kappa shape index (κ1) is 12.7. The maximum absolute atomic E-state index is 13.0. The van der Waals surface area contributed by atoms with Crippen molar-refractivity contribution in [2.75, 3.05) is 0 Å². The van der Waals surface area contributed by atoms with Gasteiger partial charge in [0.15, 0.2) is 5.82 Å². The molecule has 1 unspecified atom stereocenters. The molecule has 0 bridgehead atoms. The van der Waals surface area contributed by atoms with E-state index in [-0.39, 0.29) is 5.82 Å². The third-order valence-electron chi connectivity index (χ3n) is 2.59. The zero-order valence-electron chi connectivity index (χ0n) is 10.1. The molecular weight excluding hydrogens is 235 g/mol. The van der Waals surface area contributed by atoms with Crippen molar-refractivity contribution in [3.8, 4) is 0 Å². The van der Waals surface area contributed by atoms with Gasteiger partial charge in [0.25, 0.3) is 0 Å². The third kappa shape index (κ3) is 3.13. The van der Waals surface area contributed by atoms with Crippen molar-refractivity contribution < 1.29 is 14.0 Å². The van der Waals surface area contributed by atoms with Gasteiger partial charge < -0.3 is 9.63 Å². The summed E-state index contributed by atoms with van der Waals surface area (Å²) in [6.45, 7) is 1.97. The number of rotatable bonds is 5. The smallest absolute Gasteiger partial charge is 0.231 e. The fourth-order valence-corrected chi connectivity index (χ4v) is 1.70. The molecule has 0 amide bonds. The normalized spacial score (nSPS) is 12.6. The SMILES string of the molecule is CCCC(O)c1noc(Cc2cccc(F)c2)n1. The molecule has 2 aromatic rings. The van der Waals surface area contributed by atoms with E-state index in [0.29, 0.717) is 24.6 Å². The molecule has 0 spiro atoms. The summed E-state index contributed by atoms with van der Waals surface area (Å²) in [5, 5.41) is 13.4. The molecule has 0 aliphatic carbocycles. The summed E-state index contributed by atoms with van der Waals surface area (Å²) in [6, 6.07) is 6.23. The van der Waals surface area contributed by atoms with E-state index in [1.54, 1.807) is 12.1 Å². The highest BCUT2D eigenvalue weighted by Gasteiger charge is 2.14. The van der Waals surface area contributed by atoms with Gasteiger partial charge in [-0.2, -0.15) is 4.98 Å². The molecule has 0 fully saturated rings. The lowest BCUT2D eigenvalue weighted by atomic mass is 10.1. The van der Waals surface area contributed by atoms with Crippen molar-refractivity contribution in [2.45, 2.75) is 32.3 Å². The van der Waals surface area contributed by atoms with Gasteiger partial charge in [0.05, 0.1) is 6.42 Å². The summed E-state index contributed by atoms with van der Waals surface area (Å²) in [5.74, 6) is 0.382. The lowest BCUT2D eigenvalue weighted by Gasteiger charge is -2.01. The lowest BCUT2D eigenvalue weighted by molar-refractivity contribution is 0.153. The minimum atomic E-state index is -0.694. The maximum Gasteiger partial charge on any atom is 0.231 e. The molecular formula is C13H15FN2O2. The van der Waals surface area contributed by atoms with E-state index < -0.39 is 6.10 Å². The number of aromatic nitrogens is 2. The van der Waals surface area contributed by atoms with Gasteiger partial charge >= 0.3 is 0 Å². The topological polar surface area (TPSA) is 59.2 Å².